The van der Waals surface area contributed by atoms with Gasteiger partial charge in [-0.15, -0.1) is 0 Å². The Bertz CT molecular complexity index is 831. The van der Waals surface area contributed by atoms with Gasteiger partial charge in [0, 0.05) is 57.4 Å². The highest BCUT2D eigenvalue weighted by atomic mass is 16.5. The molecule has 0 unspecified atom stereocenters. The molecule has 1 aliphatic rings. The van der Waals surface area contributed by atoms with Gasteiger partial charge in [-0.05, 0) is 45.0 Å². The lowest BCUT2D eigenvalue weighted by molar-refractivity contribution is -0.0585. The Balaban J connectivity index is 1.35. The molecule has 30 heavy (non-hydrogen) atoms. The van der Waals surface area contributed by atoms with Gasteiger partial charge in [-0.2, -0.15) is 0 Å². The van der Waals surface area contributed by atoms with Crippen LogP contribution in [-0.2, 0) is 4.74 Å². The van der Waals surface area contributed by atoms with Crippen LogP contribution in [0.15, 0.2) is 30.5 Å². The van der Waals surface area contributed by atoms with Crippen molar-refractivity contribution in [2.75, 3.05) is 52.4 Å². The zero-order valence-corrected chi connectivity index (χ0v) is 18.2. The lowest BCUT2D eigenvalue weighted by atomic mass is 10.2. The Morgan fingerprint density at radius 3 is 2.67 bits per heavy atom. The number of aliphatic hydroxyl groups excluding tert-OH is 1. The number of rotatable bonds is 8. The van der Waals surface area contributed by atoms with Crippen LogP contribution in [0.4, 0.5) is 0 Å². The number of aromatic nitrogens is 2. The predicted octanol–water partition coefficient (Wildman–Crippen LogP) is 1.15. The van der Waals surface area contributed by atoms with E-state index in [4.69, 9.17) is 4.74 Å². The van der Waals surface area contributed by atoms with Crippen LogP contribution in [0, 0.1) is 0 Å². The molecule has 1 atom stereocenters. The number of carbonyl (C=O) groups is 1. The molecular formula is C22H33N5O3. The number of fused-ring (bicyclic) bond motifs is 1. The summed E-state index contributed by atoms with van der Waals surface area (Å²) in [6, 6.07) is 7.37. The Hall–Kier alpha value is -2.13. The number of ether oxygens (including phenoxy) is 1. The van der Waals surface area contributed by atoms with E-state index in [1.165, 1.54) is 0 Å². The second-order valence-corrected chi connectivity index (χ2v) is 8.72. The summed E-state index contributed by atoms with van der Waals surface area (Å²) in [5.41, 5.74) is 0.733. The van der Waals surface area contributed by atoms with Crippen LogP contribution in [0.25, 0.3) is 11.0 Å². The molecular weight excluding hydrogens is 382 g/mol. The average molecular weight is 416 g/mol. The van der Waals surface area contributed by atoms with Crippen molar-refractivity contribution in [1.29, 1.82) is 0 Å². The van der Waals surface area contributed by atoms with E-state index in [0.29, 0.717) is 31.0 Å². The number of β-amino-alcohol motifs (C(OH)–C–C–N with tert-alkyl or cyclic N) is 1. The summed E-state index contributed by atoms with van der Waals surface area (Å²) in [6.45, 7) is 12.0. The van der Waals surface area contributed by atoms with Crippen molar-refractivity contribution in [3.05, 3.63) is 36.2 Å². The highest BCUT2D eigenvalue weighted by molar-refractivity contribution is 5.94. The van der Waals surface area contributed by atoms with E-state index >= 15 is 0 Å². The highest BCUT2D eigenvalue weighted by Crippen LogP contribution is 2.10. The first-order valence-corrected chi connectivity index (χ1v) is 10.6. The van der Waals surface area contributed by atoms with Crippen LogP contribution in [-0.4, -0.2) is 94.9 Å². The number of carbonyl (C=O) groups excluding carboxylic acids is 1. The van der Waals surface area contributed by atoms with Crippen LogP contribution >= 0.6 is 0 Å². The van der Waals surface area contributed by atoms with Crippen LogP contribution in [0.2, 0.25) is 0 Å². The number of hydrogen-bond acceptors (Lipinski definition) is 7. The first-order chi connectivity index (χ1) is 14.3. The monoisotopic (exact) mass is 415 g/mol. The first-order valence-electron chi connectivity index (χ1n) is 10.6. The summed E-state index contributed by atoms with van der Waals surface area (Å²) in [5.74, 6) is -0.178. The second-order valence-electron chi connectivity index (χ2n) is 8.72. The van der Waals surface area contributed by atoms with Gasteiger partial charge in [-0.3, -0.25) is 14.6 Å². The number of pyridine rings is 2. The van der Waals surface area contributed by atoms with E-state index < -0.39 is 6.10 Å². The third-order valence-corrected chi connectivity index (χ3v) is 5.05. The van der Waals surface area contributed by atoms with E-state index in [9.17, 15) is 9.90 Å². The molecule has 3 rings (SSSR count). The summed E-state index contributed by atoms with van der Waals surface area (Å²) in [5, 5.41) is 14.0. The molecule has 0 aliphatic carbocycles. The molecule has 0 bridgehead atoms. The summed E-state index contributed by atoms with van der Waals surface area (Å²) in [6.07, 6.45) is 1.20. The molecule has 8 nitrogen and oxygen atoms in total. The standard InChI is InChI=1S/C22H33N5O3/c1-22(2,3)30-16-18(28)15-27-13-11-26(12-14-27)10-9-24-21(29)19-7-6-17-5-4-8-23-20(17)25-19/h4-8,18,28H,9-16H2,1-3H3,(H,24,29)/t18-/m1/s1. The Morgan fingerprint density at radius 2 is 1.93 bits per heavy atom. The predicted molar refractivity (Wildman–Crippen MR) is 116 cm³/mol. The third-order valence-electron chi connectivity index (χ3n) is 5.05. The SMILES string of the molecule is CC(C)(C)OC[C@H](O)CN1CCN(CCNC(=O)c2ccc3cccnc3n2)CC1. The van der Waals surface area contributed by atoms with Gasteiger partial charge in [0.15, 0.2) is 5.65 Å². The molecule has 0 radical (unpaired) electrons. The smallest absolute Gasteiger partial charge is 0.270 e. The van der Waals surface area contributed by atoms with Gasteiger partial charge in [0.1, 0.15) is 5.69 Å². The van der Waals surface area contributed by atoms with E-state index in [-0.39, 0.29) is 11.5 Å². The van der Waals surface area contributed by atoms with Gasteiger partial charge >= 0.3 is 0 Å². The molecule has 0 aromatic carbocycles. The van der Waals surface area contributed by atoms with Crippen LogP contribution in [0.1, 0.15) is 31.3 Å². The summed E-state index contributed by atoms with van der Waals surface area (Å²) >= 11 is 0. The van der Waals surface area contributed by atoms with E-state index in [2.05, 4.69) is 25.1 Å². The van der Waals surface area contributed by atoms with Gasteiger partial charge in [-0.1, -0.05) is 0 Å². The van der Waals surface area contributed by atoms with Gasteiger partial charge in [-0.25, -0.2) is 9.97 Å². The number of nitrogens with one attached hydrogen (secondary N) is 1. The van der Waals surface area contributed by atoms with E-state index in [1.54, 1.807) is 12.3 Å². The fraction of sp³-hybridized carbons (Fsp3) is 0.591. The number of hydrogen-bond donors (Lipinski definition) is 2. The topological polar surface area (TPSA) is 90.8 Å². The molecule has 1 aliphatic heterocycles. The molecule has 1 saturated heterocycles. The Labute approximate surface area is 178 Å². The lowest BCUT2D eigenvalue weighted by Crippen LogP contribution is -2.50. The first kappa shape index (κ1) is 22.6. The van der Waals surface area contributed by atoms with Crippen molar-refractivity contribution in [3.8, 4) is 0 Å². The minimum atomic E-state index is -0.473. The van der Waals surface area contributed by atoms with Crippen LogP contribution in [0.3, 0.4) is 0 Å². The molecule has 2 N–H and O–H groups in total. The zero-order chi connectivity index (χ0) is 21.6. The minimum absolute atomic E-state index is 0.178. The Morgan fingerprint density at radius 1 is 1.20 bits per heavy atom. The summed E-state index contributed by atoms with van der Waals surface area (Å²) in [7, 11) is 0. The van der Waals surface area contributed by atoms with E-state index in [0.717, 1.165) is 38.1 Å². The van der Waals surface area contributed by atoms with E-state index in [1.807, 2.05) is 39.0 Å². The van der Waals surface area contributed by atoms with Gasteiger partial charge in [0.25, 0.3) is 5.91 Å². The second kappa shape index (κ2) is 10.3. The minimum Gasteiger partial charge on any atom is -0.389 e. The zero-order valence-electron chi connectivity index (χ0n) is 18.2. The average Bonchev–Trinajstić information content (AvgIpc) is 2.72. The largest absolute Gasteiger partial charge is 0.389 e. The quantitative estimate of drug-likeness (QED) is 0.668. The van der Waals surface area contributed by atoms with Crippen LogP contribution < -0.4 is 5.32 Å². The molecule has 0 saturated carbocycles. The van der Waals surface area contributed by atoms with Crippen molar-refractivity contribution < 1.29 is 14.6 Å². The molecule has 8 heteroatoms. The number of aliphatic hydroxyl groups is 1. The molecule has 2 aromatic heterocycles. The summed E-state index contributed by atoms with van der Waals surface area (Å²) < 4.78 is 5.65. The maximum absolute atomic E-state index is 12.4. The molecule has 1 amide bonds. The highest BCUT2D eigenvalue weighted by Gasteiger charge is 2.21. The third kappa shape index (κ3) is 6.98. The van der Waals surface area contributed by atoms with Crippen molar-refractivity contribution >= 4 is 16.9 Å². The molecule has 2 aromatic rings. The molecule has 0 spiro atoms. The lowest BCUT2D eigenvalue weighted by Gasteiger charge is -2.35. The fourth-order valence-electron chi connectivity index (χ4n) is 3.39. The summed E-state index contributed by atoms with van der Waals surface area (Å²) in [4.78, 5) is 25.5. The molecule has 1 fully saturated rings. The fourth-order valence-corrected chi connectivity index (χ4v) is 3.39. The Kier molecular flexibility index (Phi) is 7.71. The maximum atomic E-state index is 12.4. The van der Waals surface area contributed by atoms with Crippen molar-refractivity contribution in [2.24, 2.45) is 0 Å². The number of piperazine rings is 1. The number of amides is 1. The van der Waals surface area contributed by atoms with Gasteiger partial charge in [0.05, 0.1) is 18.3 Å². The molecule has 3 heterocycles. The van der Waals surface area contributed by atoms with Crippen molar-refractivity contribution in [1.82, 2.24) is 25.1 Å². The maximum Gasteiger partial charge on any atom is 0.270 e. The van der Waals surface area contributed by atoms with Crippen molar-refractivity contribution in [2.45, 2.75) is 32.5 Å². The van der Waals surface area contributed by atoms with Crippen molar-refractivity contribution in [3.63, 3.8) is 0 Å². The molecule has 164 valence electrons. The normalized spacial score (nSPS) is 17.2. The van der Waals surface area contributed by atoms with Crippen LogP contribution in [0.5, 0.6) is 0 Å². The number of nitrogens with zero attached hydrogens (tertiary/aromatic N) is 4. The van der Waals surface area contributed by atoms with Gasteiger partial charge < -0.3 is 15.2 Å². The van der Waals surface area contributed by atoms with Gasteiger partial charge in [0.2, 0.25) is 0 Å².